The summed E-state index contributed by atoms with van der Waals surface area (Å²) in [5.74, 6) is -0.344. The first kappa shape index (κ1) is 15.6. The maximum absolute atomic E-state index is 12.7. The van der Waals surface area contributed by atoms with Gasteiger partial charge in [-0.05, 0) is 52.3 Å². The maximum atomic E-state index is 12.7. The van der Waals surface area contributed by atoms with Gasteiger partial charge in [-0.3, -0.25) is 4.79 Å². The average Bonchev–Trinajstić information content (AvgIpc) is 2.91. The Labute approximate surface area is 137 Å². The number of benzene rings is 2. The number of hydrogen-bond acceptors (Lipinski definition) is 1. The van der Waals surface area contributed by atoms with Crippen LogP contribution in [-0.2, 0) is 6.18 Å². The summed E-state index contributed by atoms with van der Waals surface area (Å²) >= 11 is 3.28. The minimum Gasteiger partial charge on any atom is -0.351 e. The van der Waals surface area contributed by atoms with E-state index in [4.69, 9.17) is 0 Å². The molecule has 0 radical (unpaired) electrons. The molecule has 0 saturated carbocycles. The molecule has 3 nitrogen and oxygen atoms in total. The second kappa shape index (κ2) is 5.73. The number of anilines is 1. The Morgan fingerprint density at radius 2 is 1.83 bits per heavy atom. The molecule has 0 saturated heterocycles. The van der Waals surface area contributed by atoms with E-state index in [1.54, 1.807) is 30.3 Å². The molecule has 1 amide bonds. The molecule has 0 fully saturated rings. The standard InChI is InChI=1S/C16H10BrF3N2O/c17-12-4-2-1-3-11(12)15(23)21-10-5-6-13-9(7-10)8-14(22-13)16(18,19)20/h1-8,22H,(H,21,23). The molecule has 0 spiro atoms. The van der Waals surface area contributed by atoms with Crippen molar-refractivity contribution in [1.82, 2.24) is 4.98 Å². The molecular weight excluding hydrogens is 373 g/mol. The fourth-order valence-corrected chi connectivity index (χ4v) is 2.67. The minimum atomic E-state index is -4.43. The zero-order chi connectivity index (χ0) is 16.6. The highest BCUT2D eigenvalue weighted by atomic mass is 79.9. The molecule has 118 valence electrons. The van der Waals surface area contributed by atoms with Crippen molar-refractivity contribution >= 4 is 38.4 Å². The molecule has 0 aliphatic carbocycles. The number of fused-ring (bicyclic) bond motifs is 1. The predicted octanol–water partition coefficient (Wildman–Crippen LogP) is 5.20. The summed E-state index contributed by atoms with van der Waals surface area (Å²) in [4.78, 5) is 14.5. The van der Waals surface area contributed by atoms with E-state index in [-0.39, 0.29) is 5.91 Å². The van der Waals surface area contributed by atoms with Crippen LogP contribution < -0.4 is 5.32 Å². The molecule has 0 bridgehead atoms. The molecule has 1 heterocycles. The largest absolute Gasteiger partial charge is 0.431 e. The van der Waals surface area contributed by atoms with E-state index in [1.807, 2.05) is 0 Å². The van der Waals surface area contributed by atoms with Gasteiger partial charge in [0.15, 0.2) is 0 Å². The maximum Gasteiger partial charge on any atom is 0.431 e. The van der Waals surface area contributed by atoms with E-state index in [9.17, 15) is 18.0 Å². The van der Waals surface area contributed by atoms with E-state index < -0.39 is 11.9 Å². The monoisotopic (exact) mass is 382 g/mol. The summed E-state index contributed by atoms with van der Waals surface area (Å²) in [6, 6.07) is 12.5. The van der Waals surface area contributed by atoms with Crippen LogP contribution in [0.25, 0.3) is 10.9 Å². The van der Waals surface area contributed by atoms with Crippen LogP contribution in [0.4, 0.5) is 18.9 Å². The van der Waals surface area contributed by atoms with Crippen LogP contribution in [0, 0.1) is 0 Å². The summed E-state index contributed by atoms with van der Waals surface area (Å²) < 4.78 is 38.7. The number of H-pyrrole nitrogens is 1. The van der Waals surface area contributed by atoms with Gasteiger partial charge < -0.3 is 10.3 Å². The molecule has 2 aromatic carbocycles. The molecule has 3 rings (SSSR count). The first-order valence-corrected chi connectivity index (χ1v) is 7.40. The van der Waals surface area contributed by atoms with E-state index >= 15 is 0 Å². The van der Waals surface area contributed by atoms with E-state index in [2.05, 4.69) is 26.2 Å². The van der Waals surface area contributed by atoms with Gasteiger partial charge >= 0.3 is 6.18 Å². The quantitative estimate of drug-likeness (QED) is 0.628. The lowest BCUT2D eigenvalue weighted by Crippen LogP contribution is -2.12. The molecule has 23 heavy (non-hydrogen) atoms. The molecule has 3 aromatic rings. The van der Waals surface area contributed by atoms with Gasteiger partial charge in [0.1, 0.15) is 5.69 Å². The summed E-state index contributed by atoms with van der Waals surface area (Å²) in [7, 11) is 0. The SMILES string of the molecule is O=C(Nc1ccc2[nH]c(C(F)(F)F)cc2c1)c1ccccc1Br. The minimum absolute atomic E-state index is 0.344. The lowest BCUT2D eigenvalue weighted by Gasteiger charge is -2.06. The molecule has 0 atom stereocenters. The molecule has 1 aromatic heterocycles. The fraction of sp³-hybridized carbons (Fsp3) is 0.0625. The van der Waals surface area contributed by atoms with Crippen LogP contribution in [0.5, 0.6) is 0 Å². The zero-order valence-electron chi connectivity index (χ0n) is 11.5. The molecule has 2 N–H and O–H groups in total. The van der Waals surface area contributed by atoms with Gasteiger partial charge in [-0.15, -0.1) is 0 Å². The highest BCUT2D eigenvalue weighted by Gasteiger charge is 2.32. The van der Waals surface area contributed by atoms with Crippen LogP contribution >= 0.6 is 15.9 Å². The number of nitrogens with one attached hydrogen (secondary N) is 2. The topological polar surface area (TPSA) is 44.9 Å². The molecular formula is C16H10BrF3N2O. The fourth-order valence-electron chi connectivity index (χ4n) is 2.21. The highest BCUT2D eigenvalue weighted by molar-refractivity contribution is 9.10. The van der Waals surface area contributed by atoms with Crippen LogP contribution in [-0.4, -0.2) is 10.9 Å². The Balaban J connectivity index is 1.89. The third-order valence-corrected chi connectivity index (χ3v) is 3.99. The highest BCUT2D eigenvalue weighted by Crippen LogP contribution is 2.32. The lowest BCUT2D eigenvalue weighted by atomic mass is 10.2. The summed E-state index contributed by atoms with van der Waals surface area (Å²) in [6.45, 7) is 0. The zero-order valence-corrected chi connectivity index (χ0v) is 13.1. The van der Waals surface area contributed by atoms with Crippen molar-refractivity contribution in [1.29, 1.82) is 0 Å². The van der Waals surface area contributed by atoms with E-state index in [0.29, 0.717) is 26.6 Å². The van der Waals surface area contributed by atoms with Crippen LogP contribution in [0.2, 0.25) is 0 Å². The van der Waals surface area contributed by atoms with Crippen LogP contribution in [0.15, 0.2) is 53.0 Å². The van der Waals surface area contributed by atoms with Crippen LogP contribution in [0.3, 0.4) is 0 Å². The van der Waals surface area contributed by atoms with Gasteiger partial charge in [0, 0.05) is 21.1 Å². The Morgan fingerprint density at radius 1 is 1.09 bits per heavy atom. The molecule has 0 aliphatic heterocycles. The third-order valence-electron chi connectivity index (χ3n) is 3.30. The van der Waals surface area contributed by atoms with Crippen molar-refractivity contribution in [2.75, 3.05) is 5.32 Å². The van der Waals surface area contributed by atoms with Crippen molar-refractivity contribution in [3.8, 4) is 0 Å². The number of rotatable bonds is 2. The second-order valence-corrected chi connectivity index (χ2v) is 5.77. The number of carbonyl (C=O) groups is 1. The number of aromatic amines is 1. The van der Waals surface area contributed by atoms with Gasteiger partial charge in [-0.1, -0.05) is 12.1 Å². The number of alkyl halides is 3. The molecule has 0 aliphatic rings. The Kier molecular flexibility index (Phi) is 3.89. The van der Waals surface area contributed by atoms with Crippen molar-refractivity contribution < 1.29 is 18.0 Å². The van der Waals surface area contributed by atoms with Gasteiger partial charge in [-0.25, -0.2) is 0 Å². The number of hydrogen-bond donors (Lipinski definition) is 2. The van der Waals surface area contributed by atoms with Crippen molar-refractivity contribution in [3.05, 3.63) is 64.3 Å². The van der Waals surface area contributed by atoms with Crippen molar-refractivity contribution in [2.45, 2.75) is 6.18 Å². The summed E-state index contributed by atoms with van der Waals surface area (Å²) in [5, 5.41) is 3.05. The second-order valence-electron chi connectivity index (χ2n) is 4.92. The smallest absolute Gasteiger partial charge is 0.351 e. The Bertz CT molecular complexity index is 886. The first-order valence-electron chi connectivity index (χ1n) is 6.60. The van der Waals surface area contributed by atoms with E-state index in [1.165, 1.54) is 12.1 Å². The number of carbonyl (C=O) groups excluding carboxylic acids is 1. The van der Waals surface area contributed by atoms with E-state index in [0.717, 1.165) is 6.07 Å². The van der Waals surface area contributed by atoms with Crippen molar-refractivity contribution in [2.24, 2.45) is 0 Å². The van der Waals surface area contributed by atoms with Gasteiger partial charge in [0.25, 0.3) is 5.91 Å². The predicted molar refractivity (Wildman–Crippen MR) is 85.4 cm³/mol. The molecule has 0 unspecified atom stereocenters. The number of aromatic nitrogens is 1. The molecule has 7 heteroatoms. The normalized spacial score (nSPS) is 11.7. The number of halogens is 4. The first-order chi connectivity index (χ1) is 10.8. The van der Waals surface area contributed by atoms with Crippen LogP contribution in [0.1, 0.15) is 16.1 Å². The summed E-state index contributed by atoms with van der Waals surface area (Å²) in [5.41, 5.74) is 0.404. The van der Waals surface area contributed by atoms with Gasteiger partial charge in [-0.2, -0.15) is 13.2 Å². The van der Waals surface area contributed by atoms with Gasteiger partial charge in [0.05, 0.1) is 5.56 Å². The van der Waals surface area contributed by atoms with Gasteiger partial charge in [0.2, 0.25) is 0 Å². The Hall–Kier alpha value is -2.28. The summed E-state index contributed by atoms with van der Waals surface area (Å²) in [6.07, 6.45) is -4.43. The number of amides is 1. The lowest BCUT2D eigenvalue weighted by molar-refractivity contribution is -0.140. The van der Waals surface area contributed by atoms with Crippen molar-refractivity contribution in [3.63, 3.8) is 0 Å². The average molecular weight is 383 g/mol. The Morgan fingerprint density at radius 3 is 2.52 bits per heavy atom. The third kappa shape index (κ3) is 3.24.